The molecule has 0 fully saturated rings. The van der Waals surface area contributed by atoms with Gasteiger partial charge in [-0.05, 0) is 31.0 Å². The Morgan fingerprint density at radius 1 is 1.43 bits per heavy atom. The number of aromatic nitrogens is 3. The van der Waals surface area contributed by atoms with E-state index in [9.17, 15) is 13.5 Å². The van der Waals surface area contributed by atoms with Gasteiger partial charge in [-0.2, -0.15) is 0 Å². The topological polar surface area (TPSA) is 97.1 Å². The van der Waals surface area contributed by atoms with E-state index in [4.69, 9.17) is 0 Å². The number of aryl methyl sites for hydroxylation is 1. The number of aliphatic hydroxyl groups is 1. The molecule has 0 saturated heterocycles. The highest BCUT2D eigenvalue weighted by Gasteiger charge is 2.23. The molecule has 2 aromatic rings. The van der Waals surface area contributed by atoms with Gasteiger partial charge in [0.05, 0.1) is 17.5 Å². The molecule has 1 aromatic heterocycles. The lowest BCUT2D eigenvalue weighted by molar-refractivity contribution is 0.280. The number of nitrogens with one attached hydrogen (secondary N) is 1. The Morgan fingerprint density at radius 3 is 2.71 bits per heavy atom. The second-order valence-corrected chi connectivity index (χ2v) is 6.52. The molecule has 0 aliphatic rings. The van der Waals surface area contributed by atoms with Gasteiger partial charge in [-0.3, -0.25) is 0 Å². The fraction of sp³-hybridized carbons (Fsp3) is 0.385. The van der Waals surface area contributed by atoms with Crippen LogP contribution in [0.25, 0.3) is 0 Å². The maximum Gasteiger partial charge on any atom is 0.241 e. The Balaban J connectivity index is 2.33. The van der Waals surface area contributed by atoms with Gasteiger partial charge in [-0.15, -0.1) is 10.2 Å². The van der Waals surface area contributed by atoms with E-state index in [2.05, 4.69) is 14.9 Å². The van der Waals surface area contributed by atoms with Crippen molar-refractivity contribution in [1.82, 2.24) is 19.5 Å². The van der Waals surface area contributed by atoms with Crippen LogP contribution in [0.4, 0.5) is 0 Å². The summed E-state index contributed by atoms with van der Waals surface area (Å²) >= 11 is 0. The molecular weight excluding hydrogens is 292 g/mol. The first kappa shape index (κ1) is 15.6. The summed E-state index contributed by atoms with van der Waals surface area (Å²) in [5.74, 6) is 0.523. The van der Waals surface area contributed by atoms with Gasteiger partial charge in [0.1, 0.15) is 12.2 Å². The Hall–Kier alpha value is -1.77. The standard InChI is InChI=1S/C13H18N4O3S/c1-9-11(7-18)5-4-6-12(9)21(19,20)16-10(2)13-15-14-8-17(13)3/h4-6,8,10,16,18H,7H2,1-3H3. The maximum absolute atomic E-state index is 12.5. The molecule has 2 N–H and O–H groups in total. The summed E-state index contributed by atoms with van der Waals surface area (Å²) in [5, 5.41) is 16.9. The molecule has 0 radical (unpaired) electrons. The van der Waals surface area contributed by atoms with E-state index < -0.39 is 16.1 Å². The van der Waals surface area contributed by atoms with Gasteiger partial charge in [0, 0.05) is 7.05 Å². The van der Waals surface area contributed by atoms with Crippen molar-refractivity contribution in [3.05, 3.63) is 41.5 Å². The first-order valence-corrected chi connectivity index (χ1v) is 7.90. The third-order valence-electron chi connectivity index (χ3n) is 3.32. The van der Waals surface area contributed by atoms with Crippen molar-refractivity contribution in [2.24, 2.45) is 7.05 Å². The molecule has 8 heteroatoms. The average molecular weight is 310 g/mol. The molecule has 2 rings (SSSR count). The third kappa shape index (κ3) is 3.12. The first-order valence-electron chi connectivity index (χ1n) is 6.42. The summed E-state index contributed by atoms with van der Waals surface area (Å²) < 4.78 is 29.2. The minimum absolute atomic E-state index is 0.156. The third-order valence-corrected chi connectivity index (χ3v) is 5.01. The smallest absolute Gasteiger partial charge is 0.241 e. The maximum atomic E-state index is 12.5. The number of sulfonamides is 1. The summed E-state index contributed by atoms with van der Waals surface area (Å²) in [7, 11) is -1.96. The molecule has 1 aromatic carbocycles. The molecule has 0 aliphatic carbocycles. The molecule has 0 amide bonds. The van der Waals surface area contributed by atoms with Gasteiger partial charge >= 0.3 is 0 Å². The van der Waals surface area contributed by atoms with Gasteiger partial charge in [-0.1, -0.05) is 12.1 Å². The fourth-order valence-electron chi connectivity index (χ4n) is 2.16. The van der Waals surface area contributed by atoms with E-state index in [1.54, 1.807) is 37.6 Å². The number of benzene rings is 1. The Kier molecular flexibility index (Phi) is 4.40. The van der Waals surface area contributed by atoms with Crippen molar-refractivity contribution in [3.8, 4) is 0 Å². The summed E-state index contributed by atoms with van der Waals surface area (Å²) in [6, 6.07) is 4.31. The molecule has 0 spiro atoms. The van der Waals surface area contributed by atoms with Gasteiger partial charge in [0.25, 0.3) is 0 Å². The molecular formula is C13H18N4O3S. The fourth-order valence-corrected chi connectivity index (χ4v) is 3.65. The minimum Gasteiger partial charge on any atom is -0.392 e. The van der Waals surface area contributed by atoms with Crippen LogP contribution in [0.15, 0.2) is 29.4 Å². The molecule has 21 heavy (non-hydrogen) atoms. The van der Waals surface area contributed by atoms with Crippen LogP contribution < -0.4 is 4.72 Å². The zero-order valence-electron chi connectivity index (χ0n) is 12.1. The molecule has 0 saturated carbocycles. The number of hydrogen-bond acceptors (Lipinski definition) is 5. The Labute approximate surface area is 123 Å². The van der Waals surface area contributed by atoms with Crippen LogP contribution in [-0.2, 0) is 23.7 Å². The van der Waals surface area contributed by atoms with E-state index in [1.807, 2.05) is 0 Å². The highest BCUT2D eigenvalue weighted by Crippen LogP contribution is 2.21. The highest BCUT2D eigenvalue weighted by atomic mass is 32.2. The SMILES string of the molecule is Cc1c(CO)cccc1S(=O)(=O)NC(C)c1nncn1C. The average Bonchev–Trinajstić information content (AvgIpc) is 2.84. The van der Waals surface area contributed by atoms with Crippen molar-refractivity contribution in [2.75, 3.05) is 0 Å². The number of nitrogens with zero attached hydrogens (tertiary/aromatic N) is 3. The summed E-state index contributed by atoms with van der Waals surface area (Å²) in [6.07, 6.45) is 1.51. The predicted molar refractivity (Wildman–Crippen MR) is 76.8 cm³/mol. The van der Waals surface area contributed by atoms with E-state index in [1.165, 1.54) is 12.4 Å². The molecule has 1 heterocycles. The van der Waals surface area contributed by atoms with Crippen LogP contribution in [0, 0.1) is 6.92 Å². The molecule has 7 nitrogen and oxygen atoms in total. The minimum atomic E-state index is -3.71. The predicted octanol–water partition coefficient (Wildman–Crippen LogP) is 0.655. The summed E-state index contributed by atoms with van der Waals surface area (Å²) in [6.45, 7) is 3.17. The van der Waals surface area contributed by atoms with Crippen molar-refractivity contribution in [2.45, 2.75) is 31.4 Å². The second-order valence-electron chi connectivity index (χ2n) is 4.84. The van der Waals surface area contributed by atoms with Gasteiger partial charge in [0.15, 0.2) is 0 Å². The number of hydrogen-bond donors (Lipinski definition) is 2. The lowest BCUT2D eigenvalue weighted by atomic mass is 10.1. The Bertz CT molecular complexity index is 740. The highest BCUT2D eigenvalue weighted by molar-refractivity contribution is 7.89. The normalized spacial score (nSPS) is 13.3. The van der Waals surface area contributed by atoms with Crippen LogP contribution in [0.5, 0.6) is 0 Å². The largest absolute Gasteiger partial charge is 0.392 e. The zero-order valence-corrected chi connectivity index (χ0v) is 12.9. The zero-order chi connectivity index (χ0) is 15.6. The monoisotopic (exact) mass is 310 g/mol. The molecule has 1 unspecified atom stereocenters. The van der Waals surface area contributed by atoms with Crippen molar-refractivity contribution >= 4 is 10.0 Å². The first-order chi connectivity index (χ1) is 9.86. The van der Waals surface area contributed by atoms with Crippen LogP contribution in [0.3, 0.4) is 0 Å². The molecule has 0 bridgehead atoms. The van der Waals surface area contributed by atoms with Gasteiger partial charge in [0.2, 0.25) is 10.0 Å². The van der Waals surface area contributed by atoms with E-state index >= 15 is 0 Å². The lowest BCUT2D eigenvalue weighted by Crippen LogP contribution is -2.29. The number of rotatable bonds is 5. The summed E-state index contributed by atoms with van der Waals surface area (Å²) in [4.78, 5) is 0.156. The van der Waals surface area contributed by atoms with Gasteiger partial charge in [-0.25, -0.2) is 13.1 Å². The van der Waals surface area contributed by atoms with E-state index in [-0.39, 0.29) is 11.5 Å². The van der Waals surface area contributed by atoms with Crippen molar-refractivity contribution in [1.29, 1.82) is 0 Å². The molecule has 114 valence electrons. The quantitative estimate of drug-likeness (QED) is 0.845. The summed E-state index contributed by atoms with van der Waals surface area (Å²) in [5.41, 5.74) is 1.13. The van der Waals surface area contributed by atoms with E-state index in [0.717, 1.165) is 0 Å². The lowest BCUT2D eigenvalue weighted by Gasteiger charge is -2.15. The second kappa shape index (κ2) is 5.92. The Morgan fingerprint density at radius 2 is 2.14 bits per heavy atom. The van der Waals surface area contributed by atoms with E-state index in [0.29, 0.717) is 17.0 Å². The van der Waals surface area contributed by atoms with Crippen LogP contribution in [0.2, 0.25) is 0 Å². The van der Waals surface area contributed by atoms with Crippen molar-refractivity contribution in [3.63, 3.8) is 0 Å². The molecule has 0 aliphatic heterocycles. The number of aliphatic hydroxyl groups excluding tert-OH is 1. The van der Waals surface area contributed by atoms with Crippen LogP contribution in [0.1, 0.15) is 29.9 Å². The van der Waals surface area contributed by atoms with Gasteiger partial charge < -0.3 is 9.67 Å². The van der Waals surface area contributed by atoms with Crippen LogP contribution in [-0.4, -0.2) is 28.3 Å². The van der Waals surface area contributed by atoms with Crippen LogP contribution >= 0.6 is 0 Å². The molecule has 1 atom stereocenters. The van der Waals surface area contributed by atoms with Crippen molar-refractivity contribution < 1.29 is 13.5 Å².